The Labute approximate surface area is 113 Å². The fourth-order valence-corrected chi connectivity index (χ4v) is 1.57. The van der Waals surface area contributed by atoms with Crippen LogP contribution in [0.3, 0.4) is 0 Å². The molecule has 0 bridgehead atoms. The van der Waals surface area contributed by atoms with Gasteiger partial charge in [0.2, 0.25) is 0 Å². The molecule has 0 amide bonds. The minimum absolute atomic E-state index is 0.355. The second-order valence-corrected chi connectivity index (χ2v) is 3.90. The molecule has 0 N–H and O–H groups in total. The molecule has 0 aliphatic rings. The number of hydrogen-bond acceptors (Lipinski definition) is 5. The molecule has 0 unspecified atom stereocenters. The Morgan fingerprint density at radius 3 is 2.28 bits per heavy atom. The Hall–Kier alpha value is -0.780. The molecular formula is C12H21ClN2O3. The van der Waals surface area contributed by atoms with Gasteiger partial charge in [0, 0.05) is 26.3 Å². The molecule has 0 radical (unpaired) electrons. The first-order valence-electron chi connectivity index (χ1n) is 6.22. The van der Waals surface area contributed by atoms with Crippen LogP contribution in [0, 0.1) is 0 Å². The molecule has 0 aromatic carbocycles. The van der Waals surface area contributed by atoms with Gasteiger partial charge in [0.15, 0.2) is 0 Å². The van der Waals surface area contributed by atoms with Gasteiger partial charge in [0.05, 0.1) is 24.8 Å². The highest BCUT2D eigenvalue weighted by atomic mass is 35.5. The average Bonchev–Trinajstić information content (AvgIpc) is 2.86. The van der Waals surface area contributed by atoms with E-state index in [1.807, 2.05) is 18.7 Å². The molecule has 1 aromatic heterocycles. The van der Waals surface area contributed by atoms with Gasteiger partial charge in [-0.15, -0.1) is 11.6 Å². The van der Waals surface area contributed by atoms with Gasteiger partial charge in [-0.3, -0.25) is 0 Å². The fourth-order valence-electron chi connectivity index (χ4n) is 1.44. The lowest BCUT2D eigenvalue weighted by molar-refractivity contribution is 0.140. The Kier molecular flexibility index (Phi) is 7.80. The monoisotopic (exact) mass is 276 g/mol. The van der Waals surface area contributed by atoms with Crippen molar-refractivity contribution in [2.75, 3.05) is 44.4 Å². The summed E-state index contributed by atoms with van der Waals surface area (Å²) in [6.45, 7) is 8.09. The number of nitrogens with zero attached hydrogens (tertiary/aromatic N) is 2. The van der Waals surface area contributed by atoms with Crippen molar-refractivity contribution in [2.24, 2.45) is 0 Å². The first kappa shape index (κ1) is 15.3. The SMILES string of the molecule is CCOCCN(CCOCC)c1nc(CCl)co1. The van der Waals surface area contributed by atoms with Crippen LogP contribution in [0.2, 0.25) is 0 Å². The van der Waals surface area contributed by atoms with Crippen molar-refractivity contribution in [2.45, 2.75) is 19.7 Å². The van der Waals surface area contributed by atoms with E-state index in [9.17, 15) is 0 Å². The summed E-state index contributed by atoms with van der Waals surface area (Å²) in [4.78, 5) is 6.30. The van der Waals surface area contributed by atoms with E-state index >= 15 is 0 Å². The highest BCUT2D eigenvalue weighted by Crippen LogP contribution is 2.14. The van der Waals surface area contributed by atoms with Gasteiger partial charge in [0.1, 0.15) is 6.26 Å². The number of alkyl halides is 1. The lowest BCUT2D eigenvalue weighted by atomic mass is 10.5. The van der Waals surface area contributed by atoms with Crippen molar-refractivity contribution >= 4 is 17.6 Å². The van der Waals surface area contributed by atoms with Gasteiger partial charge in [-0.25, -0.2) is 0 Å². The van der Waals surface area contributed by atoms with Crippen LogP contribution in [0.4, 0.5) is 6.01 Å². The third-order valence-electron chi connectivity index (χ3n) is 2.37. The summed E-state index contributed by atoms with van der Waals surface area (Å²) in [5, 5.41) is 0. The van der Waals surface area contributed by atoms with Crippen LogP contribution in [0.5, 0.6) is 0 Å². The summed E-state index contributed by atoms with van der Waals surface area (Å²) in [7, 11) is 0. The molecule has 1 rings (SSSR count). The van der Waals surface area contributed by atoms with E-state index in [0.717, 1.165) is 18.8 Å². The fraction of sp³-hybridized carbons (Fsp3) is 0.750. The van der Waals surface area contributed by atoms with E-state index in [4.69, 9.17) is 25.5 Å². The number of rotatable bonds is 10. The zero-order valence-corrected chi connectivity index (χ0v) is 11.8. The van der Waals surface area contributed by atoms with Gasteiger partial charge in [-0.2, -0.15) is 4.98 Å². The molecule has 6 heteroatoms. The summed E-state index contributed by atoms with van der Waals surface area (Å²) < 4.78 is 16.1. The van der Waals surface area contributed by atoms with E-state index < -0.39 is 0 Å². The van der Waals surface area contributed by atoms with Gasteiger partial charge < -0.3 is 18.8 Å². The van der Waals surface area contributed by atoms with Crippen LogP contribution >= 0.6 is 11.6 Å². The van der Waals surface area contributed by atoms with E-state index in [1.165, 1.54) is 0 Å². The highest BCUT2D eigenvalue weighted by Gasteiger charge is 2.12. The zero-order valence-electron chi connectivity index (χ0n) is 11.0. The minimum Gasteiger partial charge on any atom is -0.432 e. The summed E-state index contributed by atoms with van der Waals surface area (Å²) in [5.74, 6) is 0.355. The maximum atomic E-state index is 5.71. The summed E-state index contributed by atoms with van der Waals surface area (Å²) >= 11 is 5.71. The third-order valence-corrected chi connectivity index (χ3v) is 2.64. The van der Waals surface area contributed by atoms with Crippen LogP contribution < -0.4 is 4.90 Å². The summed E-state index contributed by atoms with van der Waals surface area (Å²) in [6, 6.07) is 0.574. The van der Waals surface area contributed by atoms with Crippen molar-refractivity contribution in [3.05, 3.63) is 12.0 Å². The second kappa shape index (κ2) is 9.19. The number of aromatic nitrogens is 1. The first-order chi connectivity index (χ1) is 8.81. The van der Waals surface area contributed by atoms with Crippen molar-refractivity contribution < 1.29 is 13.9 Å². The number of ether oxygens (including phenoxy) is 2. The van der Waals surface area contributed by atoms with Crippen LogP contribution in [0.1, 0.15) is 19.5 Å². The van der Waals surface area contributed by atoms with Crippen molar-refractivity contribution in [3.63, 3.8) is 0 Å². The molecule has 1 heterocycles. The Bertz CT molecular complexity index is 310. The molecule has 0 fully saturated rings. The van der Waals surface area contributed by atoms with E-state index in [1.54, 1.807) is 6.26 Å². The van der Waals surface area contributed by atoms with Crippen LogP contribution in [0.15, 0.2) is 10.7 Å². The number of hydrogen-bond donors (Lipinski definition) is 0. The van der Waals surface area contributed by atoms with Gasteiger partial charge in [-0.1, -0.05) is 0 Å². The number of anilines is 1. The molecule has 0 saturated heterocycles. The second-order valence-electron chi connectivity index (χ2n) is 3.64. The largest absolute Gasteiger partial charge is 0.432 e. The summed E-state index contributed by atoms with van der Waals surface area (Å²) in [6.07, 6.45) is 1.58. The minimum atomic E-state index is 0.355. The lowest BCUT2D eigenvalue weighted by Gasteiger charge is -2.20. The van der Waals surface area contributed by atoms with E-state index in [-0.39, 0.29) is 0 Å². The average molecular weight is 277 g/mol. The van der Waals surface area contributed by atoms with Crippen molar-refractivity contribution in [1.82, 2.24) is 4.98 Å². The molecule has 18 heavy (non-hydrogen) atoms. The lowest BCUT2D eigenvalue weighted by Crippen LogP contribution is -2.31. The van der Waals surface area contributed by atoms with Gasteiger partial charge >= 0.3 is 0 Å². The maximum absolute atomic E-state index is 5.71. The third kappa shape index (κ3) is 5.25. The Morgan fingerprint density at radius 2 is 1.83 bits per heavy atom. The Morgan fingerprint density at radius 1 is 1.22 bits per heavy atom. The smallest absolute Gasteiger partial charge is 0.297 e. The maximum Gasteiger partial charge on any atom is 0.297 e. The Balaban J connectivity index is 2.51. The molecule has 0 spiro atoms. The van der Waals surface area contributed by atoms with E-state index in [0.29, 0.717) is 38.3 Å². The molecule has 0 atom stereocenters. The number of oxazole rings is 1. The predicted octanol–water partition coefficient (Wildman–Crippen LogP) is 2.29. The topological polar surface area (TPSA) is 47.7 Å². The molecule has 5 nitrogen and oxygen atoms in total. The zero-order chi connectivity index (χ0) is 13.2. The highest BCUT2D eigenvalue weighted by molar-refractivity contribution is 6.16. The normalized spacial score (nSPS) is 10.8. The van der Waals surface area contributed by atoms with Gasteiger partial charge in [-0.05, 0) is 13.8 Å². The standard InChI is InChI=1S/C12H21ClN2O3/c1-3-16-7-5-15(6-8-17-4-2)12-14-11(9-13)10-18-12/h10H,3-9H2,1-2H3. The summed E-state index contributed by atoms with van der Waals surface area (Å²) in [5.41, 5.74) is 0.740. The van der Waals surface area contributed by atoms with Crippen LogP contribution in [-0.2, 0) is 15.4 Å². The molecule has 104 valence electrons. The van der Waals surface area contributed by atoms with Crippen molar-refractivity contribution in [1.29, 1.82) is 0 Å². The van der Waals surface area contributed by atoms with E-state index in [2.05, 4.69) is 4.98 Å². The van der Waals surface area contributed by atoms with Gasteiger partial charge in [0.25, 0.3) is 6.01 Å². The molecule has 0 aliphatic carbocycles. The predicted molar refractivity (Wildman–Crippen MR) is 71.3 cm³/mol. The molecule has 1 aromatic rings. The first-order valence-corrected chi connectivity index (χ1v) is 6.76. The van der Waals surface area contributed by atoms with Crippen LogP contribution in [0.25, 0.3) is 0 Å². The molecular weight excluding hydrogens is 256 g/mol. The quantitative estimate of drug-likeness (QED) is 0.485. The molecule has 0 saturated carbocycles. The van der Waals surface area contributed by atoms with Crippen LogP contribution in [-0.4, -0.2) is 44.5 Å². The number of halogens is 1. The van der Waals surface area contributed by atoms with Crippen molar-refractivity contribution in [3.8, 4) is 0 Å². The molecule has 0 aliphatic heterocycles.